The minimum Gasteiger partial charge on any atom is -0.354 e. The average molecular weight is 296 g/mol. The molecule has 0 amide bonds. The van der Waals surface area contributed by atoms with Crippen LogP contribution in [0.3, 0.4) is 0 Å². The van der Waals surface area contributed by atoms with Gasteiger partial charge in [-0.25, -0.2) is 4.98 Å². The molecule has 1 aromatic carbocycles. The van der Waals surface area contributed by atoms with Crippen LogP contribution in [0.4, 0.5) is 17.5 Å². The van der Waals surface area contributed by atoms with Crippen LogP contribution in [0.5, 0.6) is 0 Å². The highest BCUT2D eigenvalue weighted by Gasteiger charge is 2.19. The Morgan fingerprint density at radius 2 is 2.09 bits per heavy atom. The monoisotopic (exact) mass is 296 g/mol. The van der Waals surface area contributed by atoms with Gasteiger partial charge in [0.15, 0.2) is 0 Å². The Morgan fingerprint density at radius 3 is 2.95 bits per heavy atom. The molecule has 116 valence electrons. The number of nitrogens with one attached hydrogen (secondary N) is 1. The fraction of sp³-hybridized carbons (Fsp3) is 0.444. The molecule has 1 aliphatic rings. The number of aromatic nitrogens is 2. The fourth-order valence-electron chi connectivity index (χ4n) is 2.92. The van der Waals surface area contributed by atoms with Crippen LogP contribution in [0.15, 0.2) is 30.3 Å². The van der Waals surface area contributed by atoms with Crippen molar-refractivity contribution in [3.05, 3.63) is 41.6 Å². The molecule has 4 heteroatoms. The number of anilines is 3. The molecule has 0 spiro atoms. The van der Waals surface area contributed by atoms with Gasteiger partial charge in [0.2, 0.25) is 5.95 Å². The summed E-state index contributed by atoms with van der Waals surface area (Å²) in [6.45, 7) is 6.17. The number of nitrogens with zero attached hydrogens (tertiary/aromatic N) is 3. The van der Waals surface area contributed by atoms with Gasteiger partial charge in [0.1, 0.15) is 5.82 Å². The van der Waals surface area contributed by atoms with Crippen LogP contribution in [0.25, 0.3) is 0 Å². The first-order valence-corrected chi connectivity index (χ1v) is 8.23. The summed E-state index contributed by atoms with van der Waals surface area (Å²) in [5.74, 6) is 1.74. The summed E-state index contributed by atoms with van der Waals surface area (Å²) in [7, 11) is 0. The largest absolute Gasteiger partial charge is 0.354 e. The fourth-order valence-corrected chi connectivity index (χ4v) is 2.92. The van der Waals surface area contributed by atoms with Gasteiger partial charge < -0.3 is 10.2 Å². The Balaban J connectivity index is 1.89. The minimum absolute atomic E-state index is 0.742. The predicted octanol–water partition coefficient (Wildman–Crippen LogP) is 4.08. The SMILES string of the molecule is CCCCNc1nc(C)cc(N2CCCc3ccccc32)n1. The number of hydrogen-bond donors (Lipinski definition) is 1. The normalized spacial score (nSPS) is 13.8. The molecule has 4 nitrogen and oxygen atoms in total. The standard InChI is InChI=1S/C18H24N4/c1-3-4-11-19-18-20-14(2)13-17(21-18)22-12-7-9-15-8-5-6-10-16(15)22/h5-6,8,10,13H,3-4,7,9,11-12H2,1-2H3,(H,19,20,21). The van der Waals surface area contributed by atoms with Crippen molar-refractivity contribution in [3.8, 4) is 0 Å². The highest BCUT2D eigenvalue weighted by Crippen LogP contribution is 2.32. The molecule has 1 aromatic heterocycles. The van der Waals surface area contributed by atoms with Crippen LogP contribution in [0.1, 0.15) is 37.4 Å². The molecule has 2 heterocycles. The van der Waals surface area contributed by atoms with Gasteiger partial charge in [0, 0.05) is 30.5 Å². The van der Waals surface area contributed by atoms with Crippen LogP contribution >= 0.6 is 0 Å². The van der Waals surface area contributed by atoms with Gasteiger partial charge in [-0.05, 0) is 37.8 Å². The highest BCUT2D eigenvalue weighted by atomic mass is 15.2. The van der Waals surface area contributed by atoms with Crippen LogP contribution in [-0.2, 0) is 6.42 Å². The number of hydrogen-bond acceptors (Lipinski definition) is 4. The van der Waals surface area contributed by atoms with Crippen molar-refractivity contribution in [1.29, 1.82) is 0 Å². The molecule has 0 saturated carbocycles. The maximum Gasteiger partial charge on any atom is 0.224 e. The number of para-hydroxylation sites is 1. The Kier molecular flexibility index (Phi) is 4.56. The lowest BCUT2D eigenvalue weighted by molar-refractivity contribution is 0.757. The highest BCUT2D eigenvalue weighted by molar-refractivity contribution is 5.66. The number of rotatable bonds is 5. The van der Waals surface area contributed by atoms with Crippen molar-refractivity contribution in [2.45, 2.75) is 39.5 Å². The topological polar surface area (TPSA) is 41.1 Å². The first-order chi connectivity index (χ1) is 10.8. The maximum absolute atomic E-state index is 4.73. The Morgan fingerprint density at radius 1 is 1.23 bits per heavy atom. The molecule has 0 atom stereocenters. The van der Waals surface area contributed by atoms with E-state index in [1.807, 2.05) is 6.92 Å². The third kappa shape index (κ3) is 3.21. The summed E-state index contributed by atoms with van der Waals surface area (Å²) >= 11 is 0. The van der Waals surface area contributed by atoms with Crippen molar-refractivity contribution in [2.24, 2.45) is 0 Å². The van der Waals surface area contributed by atoms with Gasteiger partial charge in [-0.1, -0.05) is 31.5 Å². The van der Waals surface area contributed by atoms with Gasteiger partial charge in [-0.3, -0.25) is 0 Å². The number of fused-ring (bicyclic) bond motifs is 1. The van der Waals surface area contributed by atoms with E-state index in [0.29, 0.717) is 0 Å². The summed E-state index contributed by atoms with van der Waals surface area (Å²) < 4.78 is 0. The van der Waals surface area contributed by atoms with E-state index in [9.17, 15) is 0 Å². The lowest BCUT2D eigenvalue weighted by Crippen LogP contribution is -2.25. The summed E-state index contributed by atoms with van der Waals surface area (Å²) in [5.41, 5.74) is 3.70. The molecule has 3 rings (SSSR count). The molecule has 22 heavy (non-hydrogen) atoms. The van der Waals surface area contributed by atoms with Crippen molar-refractivity contribution in [1.82, 2.24) is 9.97 Å². The van der Waals surface area contributed by atoms with E-state index in [1.165, 1.54) is 24.1 Å². The Labute approximate surface area is 132 Å². The number of benzene rings is 1. The van der Waals surface area contributed by atoms with E-state index < -0.39 is 0 Å². The third-order valence-corrected chi connectivity index (χ3v) is 4.04. The second kappa shape index (κ2) is 6.77. The van der Waals surface area contributed by atoms with Crippen LogP contribution in [0.2, 0.25) is 0 Å². The molecule has 0 fully saturated rings. The van der Waals surface area contributed by atoms with E-state index in [-0.39, 0.29) is 0 Å². The lowest BCUT2D eigenvalue weighted by atomic mass is 10.0. The summed E-state index contributed by atoms with van der Waals surface area (Å²) in [6.07, 6.45) is 4.63. The van der Waals surface area contributed by atoms with Crippen molar-refractivity contribution >= 4 is 17.5 Å². The Bertz CT molecular complexity index is 639. The predicted molar refractivity (Wildman–Crippen MR) is 91.9 cm³/mol. The zero-order valence-electron chi connectivity index (χ0n) is 13.5. The summed E-state index contributed by atoms with van der Waals surface area (Å²) in [5, 5.41) is 3.34. The van der Waals surface area contributed by atoms with Crippen LogP contribution in [0, 0.1) is 6.92 Å². The van der Waals surface area contributed by atoms with Gasteiger partial charge >= 0.3 is 0 Å². The minimum atomic E-state index is 0.742. The van der Waals surface area contributed by atoms with Gasteiger partial charge in [-0.15, -0.1) is 0 Å². The second-order valence-corrected chi connectivity index (χ2v) is 5.86. The van der Waals surface area contributed by atoms with Crippen LogP contribution < -0.4 is 10.2 Å². The molecule has 0 aliphatic carbocycles. The molecule has 0 bridgehead atoms. The molecule has 0 radical (unpaired) electrons. The Hall–Kier alpha value is -2.10. The summed E-state index contributed by atoms with van der Waals surface area (Å²) in [6, 6.07) is 10.7. The molecule has 1 N–H and O–H groups in total. The van der Waals surface area contributed by atoms with E-state index in [0.717, 1.165) is 43.4 Å². The number of aryl methyl sites for hydroxylation is 2. The lowest BCUT2D eigenvalue weighted by Gasteiger charge is -2.30. The molecular formula is C18H24N4. The first kappa shape index (κ1) is 14.8. The van der Waals surface area contributed by atoms with E-state index in [2.05, 4.69) is 52.5 Å². The van der Waals surface area contributed by atoms with Gasteiger partial charge in [0.05, 0.1) is 0 Å². The van der Waals surface area contributed by atoms with Gasteiger partial charge in [-0.2, -0.15) is 4.98 Å². The first-order valence-electron chi connectivity index (χ1n) is 8.23. The quantitative estimate of drug-likeness (QED) is 0.844. The zero-order valence-corrected chi connectivity index (χ0v) is 13.5. The summed E-state index contributed by atoms with van der Waals surface area (Å²) in [4.78, 5) is 11.6. The van der Waals surface area contributed by atoms with Crippen molar-refractivity contribution in [3.63, 3.8) is 0 Å². The third-order valence-electron chi connectivity index (χ3n) is 4.04. The smallest absolute Gasteiger partial charge is 0.224 e. The molecule has 2 aromatic rings. The zero-order chi connectivity index (χ0) is 15.4. The molecule has 0 saturated heterocycles. The molecular weight excluding hydrogens is 272 g/mol. The maximum atomic E-state index is 4.73. The molecule has 1 aliphatic heterocycles. The van der Waals surface area contributed by atoms with Crippen LogP contribution in [-0.4, -0.2) is 23.1 Å². The van der Waals surface area contributed by atoms with Gasteiger partial charge in [0.25, 0.3) is 0 Å². The number of unbranched alkanes of at least 4 members (excludes halogenated alkanes) is 1. The van der Waals surface area contributed by atoms with E-state index in [4.69, 9.17) is 4.98 Å². The van der Waals surface area contributed by atoms with E-state index >= 15 is 0 Å². The second-order valence-electron chi connectivity index (χ2n) is 5.86. The average Bonchev–Trinajstić information content (AvgIpc) is 2.54. The van der Waals surface area contributed by atoms with Crippen molar-refractivity contribution < 1.29 is 0 Å². The van der Waals surface area contributed by atoms with Crippen molar-refractivity contribution in [2.75, 3.05) is 23.3 Å². The van der Waals surface area contributed by atoms with E-state index in [1.54, 1.807) is 0 Å². The molecule has 0 unspecified atom stereocenters.